The van der Waals surface area contributed by atoms with E-state index >= 15 is 0 Å². The van der Waals surface area contributed by atoms with Crippen LogP contribution in [0.25, 0.3) is 0 Å². The monoisotopic (exact) mass is 323 g/mol. The van der Waals surface area contributed by atoms with E-state index in [1.54, 1.807) is 18.7 Å². The van der Waals surface area contributed by atoms with E-state index < -0.39 is 16.0 Å². The largest absolute Gasteiger partial charge is 0.477 e. The average Bonchev–Trinajstić information content (AvgIpc) is 2.72. The molecule has 0 amide bonds. The lowest BCUT2D eigenvalue weighted by Crippen LogP contribution is -2.25. The minimum Gasteiger partial charge on any atom is -0.477 e. The third-order valence-electron chi connectivity index (χ3n) is 2.33. The molecule has 0 fully saturated rings. The highest BCUT2D eigenvalue weighted by atomic mass is 32.2. The Bertz CT molecular complexity index is 536. The van der Waals surface area contributed by atoms with Crippen LogP contribution in [0, 0.1) is 6.92 Å². The fourth-order valence-electron chi connectivity index (χ4n) is 1.44. The van der Waals surface area contributed by atoms with E-state index in [4.69, 9.17) is 5.11 Å². The van der Waals surface area contributed by atoms with Gasteiger partial charge in [0.05, 0.1) is 4.90 Å². The van der Waals surface area contributed by atoms with Crippen LogP contribution in [0.3, 0.4) is 0 Å². The number of aryl methyl sites for hydroxylation is 1. The number of hydrogen-bond donors (Lipinski definition) is 2. The van der Waals surface area contributed by atoms with Crippen LogP contribution in [0.15, 0.2) is 11.0 Å². The number of carbonyl (C=O) groups is 1. The van der Waals surface area contributed by atoms with Crippen molar-refractivity contribution in [3.63, 3.8) is 0 Å². The van der Waals surface area contributed by atoms with Gasteiger partial charge in [-0.25, -0.2) is 17.9 Å². The molecule has 19 heavy (non-hydrogen) atoms. The fourth-order valence-corrected chi connectivity index (χ4v) is 4.58. The van der Waals surface area contributed by atoms with Gasteiger partial charge in [-0.2, -0.15) is 11.8 Å². The number of thioether (sulfide) groups is 1. The first-order valence-corrected chi connectivity index (χ1v) is 9.25. The number of sulfonamides is 1. The standard InChI is InChI=1S/C11H17NO4S3/c1-3-17-6-4-5-12-19(15,16)10-7-9(11(13)14)18-8(10)2/h7,12H,3-6H2,1-2H3,(H,13,14). The minimum atomic E-state index is -3.60. The quantitative estimate of drug-likeness (QED) is 0.716. The maximum Gasteiger partial charge on any atom is 0.345 e. The van der Waals surface area contributed by atoms with Crippen molar-refractivity contribution in [2.45, 2.75) is 25.2 Å². The van der Waals surface area contributed by atoms with Crippen LogP contribution in [0.5, 0.6) is 0 Å². The van der Waals surface area contributed by atoms with Gasteiger partial charge in [-0.15, -0.1) is 11.3 Å². The number of hydrogen-bond acceptors (Lipinski definition) is 5. The number of carboxylic acids is 1. The van der Waals surface area contributed by atoms with Crippen LogP contribution < -0.4 is 4.72 Å². The van der Waals surface area contributed by atoms with Gasteiger partial charge in [0.1, 0.15) is 4.88 Å². The molecule has 1 rings (SSSR count). The zero-order chi connectivity index (χ0) is 14.5. The van der Waals surface area contributed by atoms with Crippen LogP contribution in [0.2, 0.25) is 0 Å². The van der Waals surface area contributed by atoms with Crippen LogP contribution in [0.4, 0.5) is 0 Å². The van der Waals surface area contributed by atoms with Gasteiger partial charge in [0.25, 0.3) is 0 Å². The number of thiophene rings is 1. The lowest BCUT2D eigenvalue weighted by Gasteiger charge is -2.05. The van der Waals surface area contributed by atoms with Gasteiger partial charge < -0.3 is 5.11 Å². The van der Waals surface area contributed by atoms with Gasteiger partial charge in [-0.1, -0.05) is 6.92 Å². The highest BCUT2D eigenvalue weighted by molar-refractivity contribution is 7.99. The van der Waals surface area contributed by atoms with Crippen molar-refractivity contribution in [3.8, 4) is 0 Å². The van der Waals surface area contributed by atoms with Crippen molar-refractivity contribution in [2.24, 2.45) is 0 Å². The zero-order valence-corrected chi connectivity index (χ0v) is 13.3. The molecular formula is C11H17NO4S3. The molecule has 0 saturated carbocycles. The normalized spacial score (nSPS) is 11.7. The van der Waals surface area contributed by atoms with E-state index in [1.807, 2.05) is 0 Å². The summed E-state index contributed by atoms with van der Waals surface area (Å²) in [6.45, 7) is 4.03. The minimum absolute atomic E-state index is 0.0411. The molecule has 5 nitrogen and oxygen atoms in total. The van der Waals surface area contributed by atoms with E-state index in [1.165, 1.54) is 6.07 Å². The second-order valence-corrected chi connectivity index (χ2v) is 8.17. The summed E-state index contributed by atoms with van der Waals surface area (Å²) < 4.78 is 26.5. The van der Waals surface area contributed by atoms with E-state index in [9.17, 15) is 13.2 Å². The first-order valence-electron chi connectivity index (χ1n) is 5.79. The summed E-state index contributed by atoms with van der Waals surface area (Å²) in [5.74, 6) is 0.814. The molecule has 1 aromatic heterocycles. The second-order valence-electron chi connectivity index (χ2n) is 3.78. The Kier molecular flexibility index (Phi) is 6.31. The molecule has 0 aromatic carbocycles. The van der Waals surface area contributed by atoms with Crippen molar-refractivity contribution >= 4 is 39.1 Å². The van der Waals surface area contributed by atoms with E-state index in [-0.39, 0.29) is 9.77 Å². The molecule has 108 valence electrons. The third kappa shape index (κ3) is 4.79. The summed E-state index contributed by atoms with van der Waals surface area (Å²) in [6, 6.07) is 1.21. The third-order valence-corrected chi connectivity index (χ3v) is 6.07. The fraction of sp³-hybridized carbons (Fsp3) is 0.545. The maximum absolute atomic E-state index is 12.0. The van der Waals surface area contributed by atoms with Gasteiger partial charge in [0, 0.05) is 11.4 Å². The van der Waals surface area contributed by atoms with Crippen molar-refractivity contribution in [1.29, 1.82) is 0 Å². The molecule has 0 spiro atoms. The van der Waals surface area contributed by atoms with Crippen LogP contribution in [-0.4, -0.2) is 37.5 Å². The highest BCUT2D eigenvalue weighted by Crippen LogP contribution is 2.25. The van der Waals surface area contributed by atoms with Crippen LogP contribution >= 0.6 is 23.1 Å². The maximum atomic E-state index is 12.0. The summed E-state index contributed by atoms with van der Waals surface area (Å²) >= 11 is 2.73. The molecule has 0 radical (unpaired) electrons. The smallest absolute Gasteiger partial charge is 0.345 e. The molecule has 1 heterocycles. The van der Waals surface area contributed by atoms with E-state index in [0.717, 1.165) is 29.3 Å². The number of rotatable bonds is 8. The summed E-state index contributed by atoms with van der Waals surface area (Å²) in [7, 11) is -3.60. The Morgan fingerprint density at radius 3 is 2.74 bits per heavy atom. The molecule has 1 aromatic rings. The summed E-state index contributed by atoms with van der Waals surface area (Å²) in [5.41, 5.74) is 0. The molecule has 0 aliphatic heterocycles. The lowest BCUT2D eigenvalue weighted by atomic mass is 10.4. The Labute approximate surface area is 121 Å². The van der Waals surface area contributed by atoms with Crippen molar-refractivity contribution < 1.29 is 18.3 Å². The molecule has 8 heteroatoms. The Morgan fingerprint density at radius 1 is 1.53 bits per heavy atom. The molecule has 0 atom stereocenters. The highest BCUT2D eigenvalue weighted by Gasteiger charge is 2.21. The van der Waals surface area contributed by atoms with Crippen LogP contribution in [-0.2, 0) is 10.0 Å². The van der Waals surface area contributed by atoms with Gasteiger partial charge >= 0.3 is 5.97 Å². The van der Waals surface area contributed by atoms with Crippen molar-refractivity contribution in [3.05, 3.63) is 15.8 Å². The Balaban J connectivity index is 2.69. The second kappa shape index (κ2) is 7.28. The number of nitrogens with one attached hydrogen (secondary N) is 1. The Hall–Kier alpha value is -0.570. The SMILES string of the molecule is CCSCCCNS(=O)(=O)c1cc(C(=O)O)sc1C. The molecule has 0 aliphatic rings. The molecular weight excluding hydrogens is 306 g/mol. The van der Waals surface area contributed by atoms with Crippen molar-refractivity contribution in [1.82, 2.24) is 4.72 Å². The first-order chi connectivity index (χ1) is 8.88. The molecule has 2 N–H and O–H groups in total. The summed E-state index contributed by atoms with van der Waals surface area (Å²) in [5, 5.41) is 8.85. The molecule has 0 unspecified atom stereocenters. The predicted octanol–water partition coefficient (Wildman–Crippen LogP) is 2.18. The van der Waals surface area contributed by atoms with Crippen molar-refractivity contribution in [2.75, 3.05) is 18.1 Å². The van der Waals surface area contributed by atoms with Gasteiger partial charge in [-0.05, 0) is 30.9 Å². The van der Waals surface area contributed by atoms with Crippen LogP contribution in [0.1, 0.15) is 27.9 Å². The topological polar surface area (TPSA) is 83.5 Å². The zero-order valence-electron chi connectivity index (χ0n) is 10.8. The summed E-state index contributed by atoms with van der Waals surface area (Å²) in [6.07, 6.45) is 0.757. The number of aromatic carboxylic acids is 1. The van der Waals surface area contributed by atoms with Gasteiger partial charge in [0.15, 0.2) is 0 Å². The first kappa shape index (κ1) is 16.5. The van der Waals surface area contributed by atoms with Gasteiger partial charge in [0.2, 0.25) is 10.0 Å². The molecule has 0 saturated heterocycles. The van der Waals surface area contributed by atoms with Gasteiger partial charge in [-0.3, -0.25) is 0 Å². The number of carboxylic acid groups (broad SMARTS) is 1. The molecule has 0 aliphatic carbocycles. The average molecular weight is 323 g/mol. The van der Waals surface area contributed by atoms with E-state index in [0.29, 0.717) is 11.4 Å². The lowest BCUT2D eigenvalue weighted by molar-refractivity contribution is 0.0702. The predicted molar refractivity (Wildman–Crippen MR) is 78.8 cm³/mol. The summed E-state index contributed by atoms with van der Waals surface area (Å²) in [4.78, 5) is 11.4. The molecule has 0 bridgehead atoms. The Morgan fingerprint density at radius 2 is 2.21 bits per heavy atom. The van der Waals surface area contributed by atoms with E-state index in [2.05, 4.69) is 11.6 Å².